The molecule has 26 heavy (non-hydrogen) atoms. The van der Waals surface area contributed by atoms with Crippen LogP contribution in [0.3, 0.4) is 0 Å². The van der Waals surface area contributed by atoms with E-state index in [2.05, 4.69) is 15.6 Å². The zero-order valence-electron chi connectivity index (χ0n) is 14.5. The molecule has 1 aliphatic carbocycles. The van der Waals surface area contributed by atoms with Gasteiger partial charge >= 0.3 is 6.61 Å². The molecule has 1 aliphatic heterocycles. The number of anilines is 1. The Morgan fingerprint density at radius 1 is 1.23 bits per heavy atom. The van der Waals surface area contributed by atoms with Gasteiger partial charge in [-0.05, 0) is 37.7 Å². The summed E-state index contributed by atoms with van der Waals surface area (Å²) in [5, 5.41) is 0. The minimum Gasteiger partial charge on any atom is -0.432 e. The number of halogens is 3. The average Bonchev–Trinajstić information content (AvgIpc) is 2.62. The molecule has 2 aliphatic rings. The quantitative estimate of drug-likeness (QED) is 0.548. The van der Waals surface area contributed by atoms with Gasteiger partial charge in [-0.2, -0.15) is 8.78 Å². The average molecular weight is 365 g/mol. The molecule has 6 heteroatoms. The maximum Gasteiger partial charge on any atom is 0.387 e. The zero-order valence-corrected chi connectivity index (χ0v) is 14.5. The Bertz CT molecular complexity index is 691. The largest absolute Gasteiger partial charge is 0.432 e. The Hall–Kier alpha value is -2.13. The Morgan fingerprint density at radius 3 is 2.69 bits per heavy atom. The van der Waals surface area contributed by atoms with Crippen molar-refractivity contribution in [1.82, 2.24) is 0 Å². The molecule has 0 saturated heterocycles. The summed E-state index contributed by atoms with van der Waals surface area (Å²) in [7, 11) is 0. The first-order valence-corrected chi connectivity index (χ1v) is 8.81. The summed E-state index contributed by atoms with van der Waals surface area (Å²) in [5.74, 6) is 1.78. The van der Waals surface area contributed by atoms with Crippen molar-refractivity contribution in [3.63, 3.8) is 0 Å². The third-order valence-corrected chi connectivity index (χ3v) is 5.00. The molecule has 0 amide bonds. The summed E-state index contributed by atoms with van der Waals surface area (Å²) in [5.41, 5.74) is 1.44. The van der Waals surface area contributed by atoms with Gasteiger partial charge in [0.2, 0.25) is 0 Å². The lowest BCUT2D eigenvalue weighted by molar-refractivity contribution is -0.0521. The van der Waals surface area contributed by atoms with Crippen LogP contribution in [-0.2, 0) is 4.74 Å². The van der Waals surface area contributed by atoms with E-state index in [1.807, 2.05) is 12.2 Å². The van der Waals surface area contributed by atoms with Gasteiger partial charge in [0.15, 0.2) is 11.6 Å². The number of nitrogens with zero attached hydrogens (tertiary/aromatic N) is 1. The minimum atomic E-state index is -3.05. The second-order valence-corrected chi connectivity index (χ2v) is 6.67. The summed E-state index contributed by atoms with van der Waals surface area (Å²) in [4.78, 5) is 2.16. The second kappa shape index (κ2) is 8.50. The molecule has 3 nitrogen and oxygen atoms in total. The van der Waals surface area contributed by atoms with Crippen molar-refractivity contribution >= 4 is 11.8 Å². The van der Waals surface area contributed by atoms with Gasteiger partial charge in [-0.15, -0.1) is 6.42 Å². The Kier molecular flexibility index (Phi) is 6.10. The van der Waals surface area contributed by atoms with Gasteiger partial charge in [0.25, 0.3) is 0 Å². The van der Waals surface area contributed by atoms with Crippen LogP contribution in [0.1, 0.15) is 31.2 Å². The fourth-order valence-corrected chi connectivity index (χ4v) is 3.77. The monoisotopic (exact) mass is 365 g/mol. The summed E-state index contributed by atoms with van der Waals surface area (Å²) in [6, 6.07) is 2.93. The van der Waals surface area contributed by atoms with E-state index < -0.39 is 18.2 Å². The van der Waals surface area contributed by atoms with Gasteiger partial charge < -0.3 is 14.4 Å². The smallest absolute Gasteiger partial charge is 0.387 e. The van der Waals surface area contributed by atoms with E-state index in [0.29, 0.717) is 31.2 Å². The Labute approximate surface area is 151 Å². The van der Waals surface area contributed by atoms with Crippen LogP contribution >= 0.6 is 0 Å². The highest BCUT2D eigenvalue weighted by Gasteiger charge is 2.29. The van der Waals surface area contributed by atoms with E-state index in [1.165, 1.54) is 12.1 Å². The number of benzene rings is 1. The van der Waals surface area contributed by atoms with Gasteiger partial charge in [0.1, 0.15) is 6.61 Å². The molecule has 1 heterocycles. The standard InChI is InChI=1S/C20H22F3NO2/c1-2-10-25-13-14-5-7-16(8-6-14)24-9-3-4-15-11-17(21)19(12-18(15)24)26-20(22)23/h1,3-4,11-12,14,16,20H,5-10,13H2. The second-order valence-electron chi connectivity index (χ2n) is 6.67. The molecule has 3 rings (SSSR count). The van der Waals surface area contributed by atoms with Gasteiger partial charge in [0.05, 0.1) is 6.61 Å². The first-order chi connectivity index (χ1) is 12.6. The predicted molar refractivity (Wildman–Crippen MR) is 94.8 cm³/mol. The third-order valence-electron chi connectivity index (χ3n) is 5.00. The van der Waals surface area contributed by atoms with Crippen LogP contribution in [0.15, 0.2) is 18.2 Å². The maximum atomic E-state index is 14.0. The molecule has 0 spiro atoms. The van der Waals surface area contributed by atoms with Crippen molar-refractivity contribution in [1.29, 1.82) is 0 Å². The molecule has 0 atom stereocenters. The number of rotatable bonds is 6. The topological polar surface area (TPSA) is 21.7 Å². The van der Waals surface area contributed by atoms with Gasteiger partial charge in [-0.3, -0.25) is 0 Å². The number of terminal acetylenes is 1. The van der Waals surface area contributed by atoms with Crippen molar-refractivity contribution < 1.29 is 22.6 Å². The molecule has 1 fully saturated rings. The number of ether oxygens (including phenoxy) is 2. The van der Waals surface area contributed by atoms with Gasteiger partial charge in [-0.1, -0.05) is 18.1 Å². The number of fused-ring (bicyclic) bond motifs is 1. The molecule has 1 saturated carbocycles. The summed E-state index contributed by atoms with van der Waals surface area (Å²) in [6.07, 6.45) is 13.0. The van der Waals surface area contributed by atoms with Gasteiger partial charge in [-0.25, -0.2) is 4.39 Å². The fourth-order valence-electron chi connectivity index (χ4n) is 3.77. The van der Waals surface area contributed by atoms with E-state index >= 15 is 0 Å². The molecular formula is C20H22F3NO2. The Balaban J connectivity index is 1.70. The molecule has 1 aromatic rings. The lowest BCUT2D eigenvalue weighted by atomic mass is 9.85. The first-order valence-electron chi connectivity index (χ1n) is 8.81. The summed E-state index contributed by atoms with van der Waals surface area (Å²) < 4.78 is 48.8. The van der Waals surface area contributed by atoms with Crippen LogP contribution in [0.5, 0.6) is 5.75 Å². The molecular weight excluding hydrogens is 343 g/mol. The van der Waals surface area contributed by atoms with Crippen LogP contribution in [0.2, 0.25) is 0 Å². The van der Waals surface area contributed by atoms with Crippen molar-refractivity contribution in [2.75, 3.05) is 24.7 Å². The Morgan fingerprint density at radius 2 is 2.00 bits per heavy atom. The van der Waals surface area contributed by atoms with Crippen molar-refractivity contribution in [3.8, 4) is 18.1 Å². The molecule has 140 valence electrons. The van der Waals surface area contributed by atoms with Crippen molar-refractivity contribution in [2.45, 2.75) is 38.3 Å². The van der Waals surface area contributed by atoms with Crippen LogP contribution < -0.4 is 9.64 Å². The summed E-state index contributed by atoms with van der Waals surface area (Å²) >= 11 is 0. The third kappa shape index (κ3) is 4.34. The van der Waals surface area contributed by atoms with E-state index in [4.69, 9.17) is 11.2 Å². The highest BCUT2D eigenvalue weighted by Crippen LogP contribution is 2.37. The van der Waals surface area contributed by atoms with E-state index in [9.17, 15) is 13.2 Å². The van der Waals surface area contributed by atoms with Crippen molar-refractivity contribution in [2.24, 2.45) is 5.92 Å². The van der Waals surface area contributed by atoms with Crippen LogP contribution in [0, 0.1) is 24.1 Å². The first kappa shape index (κ1) is 18.7. The van der Waals surface area contributed by atoms with E-state index in [0.717, 1.165) is 31.4 Å². The number of alkyl halides is 2. The highest BCUT2D eigenvalue weighted by atomic mass is 19.3. The summed E-state index contributed by atoms with van der Waals surface area (Å²) in [6.45, 7) is -1.36. The SMILES string of the molecule is C#CCOCC1CCC(N2CC=Cc3cc(F)c(OC(F)F)cc32)CC1. The van der Waals surface area contributed by atoms with Crippen LogP contribution in [-0.4, -0.2) is 32.4 Å². The predicted octanol–water partition coefficient (Wildman–Crippen LogP) is 4.47. The van der Waals surface area contributed by atoms with E-state index in [1.54, 1.807) is 0 Å². The molecule has 0 unspecified atom stereocenters. The molecule has 0 bridgehead atoms. The van der Waals surface area contributed by atoms with Crippen LogP contribution in [0.25, 0.3) is 6.08 Å². The van der Waals surface area contributed by atoms with Crippen LogP contribution in [0.4, 0.5) is 18.9 Å². The normalized spacial score (nSPS) is 22.2. The lowest BCUT2D eigenvalue weighted by Gasteiger charge is -2.40. The molecule has 0 aromatic heterocycles. The minimum absolute atomic E-state index is 0.285. The zero-order chi connectivity index (χ0) is 18.5. The lowest BCUT2D eigenvalue weighted by Crippen LogP contribution is -2.40. The molecule has 1 aromatic carbocycles. The van der Waals surface area contributed by atoms with Crippen molar-refractivity contribution in [3.05, 3.63) is 29.6 Å². The maximum absolute atomic E-state index is 14.0. The molecule has 0 N–H and O–H groups in total. The highest BCUT2D eigenvalue weighted by molar-refractivity contribution is 5.73. The number of hydrogen-bond acceptors (Lipinski definition) is 3. The number of hydrogen-bond donors (Lipinski definition) is 0. The molecule has 0 radical (unpaired) electrons. The van der Waals surface area contributed by atoms with Gasteiger partial charge in [0, 0.05) is 29.9 Å². The fraction of sp³-hybridized carbons (Fsp3) is 0.500. The van der Waals surface area contributed by atoms with E-state index in [-0.39, 0.29) is 6.04 Å².